The summed E-state index contributed by atoms with van der Waals surface area (Å²) in [4.78, 5) is 16.4. The van der Waals surface area contributed by atoms with E-state index in [9.17, 15) is 4.79 Å². The Morgan fingerprint density at radius 3 is 2.31 bits per heavy atom. The fourth-order valence-electron chi connectivity index (χ4n) is 3.59. The van der Waals surface area contributed by atoms with Gasteiger partial charge in [0.25, 0.3) is 5.91 Å². The number of carbonyl (C=O) groups excluding carboxylic acids is 1. The third-order valence-corrected chi connectivity index (χ3v) is 5.23. The molecule has 1 aromatic heterocycles. The molecule has 2 aromatic rings. The van der Waals surface area contributed by atoms with Crippen LogP contribution in [0.2, 0.25) is 0 Å². The van der Waals surface area contributed by atoms with Gasteiger partial charge < -0.3 is 9.80 Å². The highest BCUT2D eigenvalue weighted by Crippen LogP contribution is 2.24. The van der Waals surface area contributed by atoms with Gasteiger partial charge in [0.05, 0.1) is 0 Å². The van der Waals surface area contributed by atoms with Crippen LogP contribution in [0.1, 0.15) is 42.7 Å². The molecule has 2 heterocycles. The van der Waals surface area contributed by atoms with Crippen LogP contribution in [0.4, 0.5) is 5.82 Å². The van der Waals surface area contributed by atoms with Gasteiger partial charge in [-0.3, -0.25) is 4.79 Å². The van der Waals surface area contributed by atoms with E-state index in [4.69, 9.17) is 0 Å². The van der Waals surface area contributed by atoms with Crippen molar-refractivity contribution in [2.75, 3.05) is 31.1 Å². The molecule has 3 rings (SSSR count). The van der Waals surface area contributed by atoms with E-state index in [2.05, 4.69) is 45.4 Å². The van der Waals surface area contributed by atoms with Crippen molar-refractivity contribution in [3.8, 4) is 0 Å². The lowest BCUT2D eigenvalue weighted by Gasteiger charge is -2.32. The number of piperidine rings is 1. The van der Waals surface area contributed by atoms with Crippen molar-refractivity contribution < 1.29 is 4.79 Å². The van der Waals surface area contributed by atoms with Gasteiger partial charge in [-0.05, 0) is 56.7 Å². The molecule has 0 N–H and O–H groups in total. The Hall–Kier alpha value is -2.43. The van der Waals surface area contributed by atoms with Gasteiger partial charge in [-0.25, -0.2) is 0 Å². The second-order valence-corrected chi connectivity index (χ2v) is 6.87. The molecule has 1 fully saturated rings. The molecule has 138 valence electrons. The van der Waals surface area contributed by atoms with Crippen LogP contribution in [-0.4, -0.2) is 47.2 Å². The number of amides is 1. The highest BCUT2D eigenvalue weighted by Gasteiger charge is 2.21. The normalized spacial score (nSPS) is 15.1. The van der Waals surface area contributed by atoms with E-state index in [1.165, 1.54) is 5.56 Å². The summed E-state index contributed by atoms with van der Waals surface area (Å²) in [6, 6.07) is 14.5. The summed E-state index contributed by atoms with van der Waals surface area (Å²) in [6.07, 6.45) is 3.48. The van der Waals surface area contributed by atoms with Gasteiger partial charge in [0.1, 0.15) is 0 Å². The first-order valence-corrected chi connectivity index (χ1v) is 9.63. The quantitative estimate of drug-likeness (QED) is 0.799. The van der Waals surface area contributed by atoms with Crippen molar-refractivity contribution in [2.45, 2.75) is 33.1 Å². The van der Waals surface area contributed by atoms with Crippen LogP contribution in [0, 0.1) is 5.92 Å². The Morgan fingerprint density at radius 2 is 1.73 bits per heavy atom. The molecule has 1 amide bonds. The largest absolute Gasteiger partial charge is 0.355 e. The van der Waals surface area contributed by atoms with Crippen molar-refractivity contribution in [2.24, 2.45) is 5.92 Å². The molecule has 1 aliphatic heterocycles. The van der Waals surface area contributed by atoms with E-state index < -0.39 is 0 Å². The van der Waals surface area contributed by atoms with Gasteiger partial charge in [0, 0.05) is 26.2 Å². The van der Waals surface area contributed by atoms with Crippen molar-refractivity contribution in [3.05, 3.63) is 53.7 Å². The third-order valence-electron chi connectivity index (χ3n) is 5.23. The predicted octanol–water partition coefficient (Wildman–Crippen LogP) is 3.42. The number of benzene rings is 1. The molecule has 1 aromatic carbocycles. The number of aromatic nitrogens is 2. The molecule has 0 atom stereocenters. The first-order valence-electron chi connectivity index (χ1n) is 9.63. The van der Waals surface area contributed by atoms with Gasteiger partial charge in [-0.2, -0.15) is 0 Å². The number of nitrogens with zero attached hydrogens (tertiary/aromatic N) is 4. The summed E-state index contributed by atoms with van der Waals surface area (Å²) in [5.74, 6) is 1.56. The summed E-state index contributed by atoms with van der Waals surface area (Å²) < 4.78 is 0. The average Bonchev–Trinajstić information content (AvgIpc) is 2.70. The minimum atomic E-state index is -0.0457. The molecule has 1 aliphatic rings. The van der Waals surface area contributed by atoms with Gasteiger partial charge in [-0.1, -0.05) is 30.3 Å². The first-order chi connectivity index (χ1) is 12.7. The molecule has 5 nitrogen and oxygen atoms in total. The summed E-state index contributed by atoms with van der Waals surface area (Å²) in [7, 11) is 0. The Kier molecular flexibility index (Phi) is 6.21. The summed E-state index contributed by atoms with van der Waals surface area (Å²) >= 11 is 0. The number of hydrogen-bond donors (Lipinski definition) is 0. The third kappa shape index (κ3) is 4.40. The lowest BCUT2D eigenvalue weighted by Crippen LogP contribution is -2.35. The van der Waals surface area contributed by atoms with E-state index in [1.807, 2.05) is 19.9 Å². The zero-order valence-electron chi connectivity index (χ0n) is 15.8. The molecular weight excluding hydrogens is 324 g/mol. The monoisotopic (exact) mass is 352 g/mol. The Bertz CT molecular complexity index is 690. The maximum atomic E-state index is 12.3. The molecule has 0 unspecified atom stereocenters. The first kappa shape index (κ1) is 18.4. The van der Waals surface area contributed by atoms with E-state index in [-0.39, 0.29) is 5.91 Å². The maximum Gasteiger partial charge on any atom is 0.274 e. The highest BCUT2D eigenvalue weighted by atomic mass is 16.2. The molecular formula is C21H28N4O. The van der Waals surface area contributed by atoms with Crippen molar-refractivity contribution in [3.63, 3.8) is 0 Å². The lowest BCUT2D eigenvalue weighted by molar-refractivity contribution is 0.0766. The van der Waals surface area contributed by atoms with E-state index in [0.29, 0.717) is 18.8 Å². The van der Waals surface area contributed by atoms with Gasteiger partial charge >= 0.3 is 0 Å². The second kappa shape index (κ2) is 8.79. The summed E-state index contributed by atoms with van der Waals surface area (Å²) in [5, 5.41) is 8.49. The van der Waals surface area contributed by atoms with Crippen molar-refractivity contribution in [1.82, 2.24) is 15.1 Å². The summed E-state index contributed by atoms with van der Waals surface area (Å²) in [6.45, 7) is 7.32. The van der Waals surface area contributed by atoms with Crippen LogP contribution >= 0.6 is 0 Å². The Labute approximate surface area is 156 Å². The molecule has 0 spiro atoms. The molecule has 0 bridgehead atoms. The molecule has 0 aliphatic carbocycles. The molecule has 26 heavy (non-hydrogen) atoms. The minimum Gasteiger partial charge on any atom is -0.355 e. The Balaban J connectivity index is 1.55. The van der Waals surface area contributed by atoms with Crippen LogP contribution in [0.25, 0.3) is 0 Å². The van der Waals surface area contributed by atoms with Crippen LogP contribution in [0.15, 0.2) is 42.5 Å². The van der Waals surface area contributed by atoms with Crippen LogP contribution < -0.4 is 4.90 Å². The van der Waals surface area contributed by atoms with Crippen LogP contribution in [-0.2, 0) is 6.42 Å². The summed E-state index contributed by atoms with van der Waals surface area (Å²) in [5.41, 5.74) is 1.85. The molecule has 1 saturated heterocycles. The predicted molar refractivity (Wildman–Crippen MR) is 104 cm³/mol. The SMILES string of the molecule is CCN(CC)C(=O)c1ccc(N2CCC(Cc3ccccc3)CC2)nn1. The van der Waals surface area contributed by atoms with Gasteiger partial charge in [0.15, 0.2) is 11.5 Å². The minimum absolute atomic E-state index is 0.0457. The van der Waals surface area contributed by atoms with Crippen LogP contribution in [0.3, 0.4) is 0 Å². The fraction of sp³-hybridized carbons (Fsp3) is 0.476. The van der Waals surface area contributed by atoms with E-state index in [1.54, 1.807) is 11.0 Å². The highest BCUT2D eigenvalue weighted by molar-refractivity contribution is 5.92. The smallest absolute Gasteiger partial charge is 0.274 e. The second-order valence-electron chi connectivity index (χ2n) is 6.87. The van der Waals surface area contributed by atoms with Crippen molar-refractivity contribution in [1.29, 1.82) is 0 Å². The number of hydrogen-bond acceptors (Lipinski definition) is 4. The maximum absolute atomic E-state index is 12.3. The number of rotatable bonds is 6. The van der Waals surface area contributed by atoms with Gasteiger partial charge in [0.2, 0.25) is 0 Å². The Morgan fingerprint density at radius 1 is 1.04 bits per heavy atom. The molecule has 5 heteroatoms. The topological polar surface area (TPSA) is 49.3 Å². The lowest BCUT2D eigenvalue weighted by atomic mass is 9.90. The van der Waals surface area contributed by atoms with Crippen molar-refractivity contribution >= 4 is 11.7 Å². The van der Waals surface area contributed by atoms with Crippen LogP contribution in [0.5, 0.6) is 0 Å². The van der Waals surface area contributed by atoms with Gasteiger partial charge in [-0.15, -0.1) is 10.2 Å². The van der Waals surface area contributed by atoms with E-state index >= 15 is 0 Å². The molecule has 0 saturated carbocycles. The number of carbonyl (C=O) groups is 1. The number of anilines is 1. The van der Waals surface area contributed by atoms with E-state index in [0.717, 1.165) is 44.1 Å². The zero-order chi connectivity index (χ0) is 18.4. The fourth-order valence-corrected chi connectivity index (χ4v) is 3.59. The standard InChI is InChI=1S/C21H28N4O/c1-3-24(4-2)21(26)19-10-11-20(23-22-19)25-14-12-18(13-15-25)16-17-8-6-5-7-9-17/h5-11,18H,3-4,12-16H2,1-2H3. The average molecular weight is 352 g/mol. The zero-order valence-corrected chi connectivity index (χ0v) is 15.8. The molecule has 0 radical (unpaired) electrons.